The van der Waals surface area contributed by atoms with Gasteiger partial charge < -0.3 is 4.74 Å². The maximum Gasteiger partial charge on any atom is 0.306 e. The number of esters is 1. The topological polar surface area (TPSA) is 26.3 Å². The fourth-order valence-electron chi connectivity index (χ4n) is 9.97. The number of ether oxygens (including phenoxy) is 1. The fourth-order valence-corrected chi connectivity index (χ4v) is 9.97. The van der Waals surface area contributed by atoms with Crippen molar-refractivity contribution in [1.29, 1.82) is 0 Å². The van der Waals surface area contributed by atoms with Crippen molar-refractivity contribution < 1.29 is 9.53 Å². The fraction of sp³-hybridized carbons (Fsp3) is 0.857. The SMILES string of the molecule is C#CCCCC(=O)O[C@H]1CC[C@@]2(C)C(=CC[C@H]3[C@@H]4CC[C@H]([C@@H](C)CC[C@@H](CC)C(C)C)[C@@]4(C)CC[C@@H]32)C1. The van der Waals surface area contributed by atoms with E-state index in [1.807, 2.05) is 0 Å². The Hall–Kier alpha value is -1.23. The molecule has 4 aliphatic rings. The predicted octanol–water partition coefficient (Wildman–Crippen LogP) is 9.38. The van der Waals surface area contributed by atoms with Crippen molar-refractivity contribution in [1.82, 2.24) is 0 Å². The maximum absolute atomic E-state index is 12.3. The first-order valence-electron chi connectivity index (χ1n) is 16.0. The number of carbonyl (C=O) groups is 1. The highest BCUT2D eigenvalue weighted by Gasteiger charge is 2.59. The molecule has 37 heavy (non-hydrogen) atoms. The number of unbranched alkanes of at least 4 members (excludes halogenated alkanes) is 1. The lowest BCUT2D eigenvalue weighted by molar-refractivity contribution is -0.151. The molecule has 4 rings (SSSR count). The highest BCUT2D eigenvalue weighted by molar-refractivity contribution is 5.69. The Balaban J connectivity index is 1.39. The van der Waals surface area contributed by atoms with Crippen LogP contribution in [0.15, 0.2) is 11.6 Å². The van der Waals surface area contributed by atoms with E-state index in [4.69, 9.17) is 11.2 Å². The molecule has 0 aromatic rings. The van der Waals surface area contributed by atoms with Gasteiger partial charge in [0, 0.05) is 19.3 Å². The number of terminal acetylenes is 1. The van der Waals surface area contributed by atoms with Crippen molar-refractivity contribution in [3.63, 3.8) is 0 Å². The maximum atomic E-state index is 12.3. The number of hydrogen-bond acceptors (Lipinski definition) is 2. The van der Waals surface area contributed by atoms with E-state index in [0.717, 1.165) is 60.7 Å². The summed E-state index contributed by atoms with van der Waals surface area (Å²) in [6.45, 7) is 15.1. The summed E-state index contributed by atoms with van der Waals surface area (Å²) in [4.78, 5) is 12.3. The molecular weight excluding hydrogens is 452 g/mol. The summed E-state index contributed by atoms with van der Waals surface area (Å²) >= 11 is 0. The Kier molecular flexibility index (Phi) is 9.24. The largest absolute Gasteiger partial charge is 0.462 e. The Morgan fingerprint density at radius 2 is 1.89 bits per heavy atom. The van der Waals surface area contributed by atoms with Crippen LogP contribution in [-0.2, 0) is 9.53 Å². The molecule has 0 unspecified atom stereocenters. The van der Waals surface area contributed by atoms with E-state index in [1.165, 1.54) is 57.8 Å². The molecule has 0 aromatic carbocycles. The van der Waals surface area contributed by atoms with Crippen molar-refractivity contribution >= 4 is 5.97 Å². The molecule has 0 spiro atoms. The predicted molar refractivity (Wildman–Crippen MR) is 155 cm³/mol. The number of hydrogen-bond donors (Lipinski definition) is 0. The summed E-state index contributed by atoms with van der Waals surface area (Å²) in [5.74, 6) is 8.60. The van der Waals surface area contributed by atoms with Crippen LogP contribution in [0.3, 0.4) is 0 Å². The second kappa shape index (κ2) is 11.9. The average Bonchev–Trinajstić information content (AvgIpc) is 3.22. The van der Waals surface area contributed by atoms with Crippen molar-refractivity contribution in [2.75, 3.05) is 0 Å². The monoisotopic (exact) mass is 508 g/mol. The third-order valence-corrected chi connectivity index (χ3v) is 12.3. The lowest BCUT2D eigenvalue weighted by Gasteiger charge is -2.58. The standard InChI is InChI=1S/C35H56O2/c1-8-10-11-12-33(36)37-28-19-21-34(6)27(23-28)15-16-29-31-18-17-30(35(31,7)22-20-32(29)34)25(5)13-14-26(9-2)24(3)4/h1,15,24-26,28-32H,9-14,16-23H2,2-7H3/t25-,26+,28-,29-,30+,31-,32-,34-,35+/m0/s1. The van der Waals surface area contributed by atoms with Gasteiger partial charge in [-0.15, -0.1) is 12.3 Å². The number of allylic oxidation sites excluding steroid dienone is 1. The summed E-state index contributed by atoms with van der Waals surface area (Å²) in [7, 11) is 0. The smallest absolute Gasteiger partial charge is 0.306 e. The molecule has 0 amide bonds. The van der Waals surface area contributed by atoms with Gasteiger partial charge in [-0.1, -0.05) is 66.0 Å². The van der Waals surface area contributed by atoms with Gasteiger partial charge >= 0.3 is 5.97 Å². The first kappa shape index (κ1) is 28.8. The summed E-state index contributed by atoms with van der Waals surface area (Å²) in [5, 5.41) is 0. The van der Waals surface area contributed by atoms with E-state index < -0.39 is 0 Å². The van der Waals surface area contributed by atoms with Crippen molar-refractivity contribution in [2.24, 2.45) is 52.3 Å². The molecule has 3 saturated carbocycles. The molecule has 2 nitrogen and oxygen atoms in total. The van der Waals surface area contributed by atoms with Crippen LogP contribution in [0.25, 0.3) is 0 Å². The van der Waals surface area contributed by atoms with Crippen LogP contribution >= 0.6 is 0 Å². The molecule has 3 fully saturated rings. The van der Waals surface area contributed by atoms with Crippen molar-refractivity contribution in [2.45, 2.75) is 138 Å². The third-order valence-electron chi connectivity index (χ3n) is 12.3. The van der Waals surface area contributed by atoms with E-state index in [2.05, 4.69) is 53.5 Å². The van der Waals surface area contributed by atoms with Crippen LogP contribution in [0.1, 0.15) is 131 Å². The van der Waals surface area contributed by atoms with E-state index in [-0.39, 0.29) is 12.1 Å². The Morgan fingerprint density at radius 1 is 1.11 bits per heavy atom. The van der Waals surface area contributed by atoms with E-state index in [0.29, 0.717) is 23.7 Å². The zero-order valence-electron chi connectivity index (χ0n) is 25.0. The van der Waals surface area contributed by atoms with Crippen LogP contribution in [0.4, 0.5) is 0 Å². The Labute approximate surface area is 229 Å². The molecule has 208 valence electrons. The summed E-state index contributed by atoms with van der Waals surface area (Å²) in [6, 6.07) is 0. The quantitative estimate of drug-likeness (QED) is 0.127. The van der Waals surface area contributed by atoms with Gasteiger partial charge in [-0.2, -0.15) is 0 Å². The lowest BCUT2D eigenvalue weighted by Crippen LogP contribution is -2.51. The zero-order valence-corrected chi connectivity index (χ0v) is 25.0. The van der Waals surface area contributed by atoms with Crippen molar-refractivity contribution in [3.8, 4) is 12.3 Å². The second-order valence-corrected chi connectivity index (χ2v) is 14.4. The van der Waals surface area contributed by atoms with Gasteiger partial charge in [0.2, 0.25) is 0 Å². The van der Waals surface area contributed by atoms with E-state index in [9.17, 15) is 4.79 Å². The minimum atomic E-state index is -0.0589. The first-order chi connectivity index (χ1) is 17.6. The van der Waals surface area contributed by atoms with Gasteiger partial charge in [-0.3, -0.25) is 4.79 Å². The normalized spacial score (nSPS) is 38.5. The van der Waals surface area contributed by atoms with Gasteiger partial charge in [-0.25, -0.2) is 0 Å². The number of carbonyl (C=O) groups excluding carboxylic acids is 1. The molecule has 0 radical (unpaired) electrons. The van der Waals surface area contributed by atoms with Gasteiger partial charge in [0.05, 0.1) is 0 Å². The van der Waals surface area contributed by atoms with Gasteiger partial charge in [-0.05, 0) is 110 Å². The minimum Gasteiger partial charge on any atom is -0.462 e. The number of fused-ring (bicyclic) bond motifs is 5. The molecule has 0 N–H and O–H groups in total. The second-order valence-electron chi connectivity index (χ2n) is 14.4. The summed E-state index contributed by atoms with van der Waals surface area (Å²) in [6.07, 6.45) is 24.2. The molecule has 0 aliphatic heterocycles. The van der Waals surface area contributed by atoms with Gasteiger partial charge in [0.25, 0.3) is 0 Å². The average molecular weight is 509 g/mol. The summed E-state index contributed by atoms with van der Waals surface area (Å²) in [5.41, 5.74) is 2.45. The molecule has 0 saturated heterocycles. The molecular formula is C35H56O2. The molecule has 0 heterocycles. The first-order valence-corrected chi connectivity index (χ1v) is 16.0. The number of rotatable bonds is 10. The van der Waals surface area contributed by atoms with Crippen LogP contribution in [0, 0.1) is 64.6 Å². The molecule has 2 heteroatoms. The molecule has 4 aliphatic carbocycles. The minimum absolute atomic E-state index is 0.0589. The molecule has 0 aromatic heterocycles. The van der Waals surface area contributed by atoms with E-state index >= 15 is 0 Å². The highest BCUT2D eigenvalue weighted by atomic mass is 16.5. The van der Waals surface area contributed by atoms with E-state index in [1.54, 1.807) is 5.57 Å². The Morgan fingerprint density at radius 3 is 2.59 bits per heavy atom. The lowest BCUT2D eigenvalue weighted by atomic mass is 9.47. The molecule has 9 atom stereocenters. The zero-order chi connectivity index (χ0) is 26.8. The van der Waals surface area contributed by atoms with Crippen LogP contribution in [0.5, 0.6) is 0 Å². The molecule has 0 bridgehead atoms. The van der Waals surface area contributed by atoms with Gasteiger partial charge in [0.1, 0.15) is 6.10 Å². The van der Waals surface area contributed by atoms with Crippen LogP contribution in [0.2, 0.25) is 0 Å². The van der Waals surface area contributed by atoms with Crippen molar-refractivity contribution in [3.05, 3.63) is 11.6 Å². The Bertz CT molecular complexity index is 863. The summed E-state index contributed by atoms with van der Waals surface area (Å²) < 4.78 is 5.91. The van der Waals surface area contributed by atoms with Crippen LogP contribution < -0.4 is 0 Å². The third kappa shape index (κ3) is 5.72. The highest BCUT2D eigenvalue weighted by Crippen LogP contribution is 2.67. The van der Waals surface area contributed by atoms with Crippen LogP contribution in [-0.4, -0.2) is 12.1 Å². The van der Waals surface area contributed by atoms with Gasteiger partial charge in [0.15, 0.2) is 0 Å².